The third-order valence-corrected chi connectivity index (χ3v) is 4.48. The van der Waals surface area contributed by atoms with E-state index in [2.05, 4.69) is 35.0 Å². The Morgan fingerprint density at radius 1 is 1.08 bits per heavy atom. The van der Waals surface area contributed by atoms with E-state index in [4.69, 9.17) is 5.11 Å². The average Bonchev–Trinajstić information content (AvgIpc) is 3.08. The zero-order valence-electron chi connectivity index (χ0n) is 14.1. The van der Waals surface area contributed by atoms with E-state index in [1.807, 2.05) is 6.92 Å². The van der Waals surface area contributed by atoms with Crippen molar-refractivity contribution in [3.05, 3.63) is 58.7 Å². The topological polar surface area (TPSA) is 52.9 Å². The molecular formula is C20H22N2O2. The molecule has 1 aliphatic heterocycles. The minimum Gasteiger partial charge on any atom is -0.478 e. The Morgan fingerprint density at radius 2 is 1.83 bits per heavy atom. The van der Waals surface area contributed by atoms with Crippen LogP contribution in [0.3, 0.4) is 0 Å². The molecule has 0 aliphatic carbocycles. The van der Waals surface area contributed by atoms with E-state index in [0.29, 0.717) is 5.69 Å². The van der Waals surface area contributed by atoms with Crippen molar-refractivity contribution in [3.8, 4) is 0 Å². The number of rotatable bonds is 4. The van der Waals surface area contributed by atoms with Gasteiger partial charge in [0.1, 0.15) is 0 Å². The Hall–Kier alpha value is -2.62. The van der Waals surface area contributed by atoms with Gasteiger partial charge in [-0.2, -0.15) is 0 Å². The molecule has 0 bridgehead atoms. The Kier molecular flexibility index (Phi) is 4.65. The van der Waals surface area contributed by atoms with Gasteiger partial charge in [0.15, 0.2) is 0 Å². The number of aliphatic imine (C=N–C) groups is 1. The van der Waals surface area contributed by atoms with Crippen molar-refractivity contribution >= 4 is 23.6 Å². The van der Waals surface area contributed by atoms with Gasteiger partial charge in [0.05, 0.1) is 11.3 Å². The monoisotopic (exact) mass is 322 g/mol. The highest BCUT2D eigenvalue weighted by atomic mass is 16.4. The van der Waals surface area contributed by atoms with E-state index < -0.39 is 5.97 Å². The number of hydrogen-bond acceptors (Lipinski definition) is 3. The molecule has 2 aromatic carbocycles. The molecular weight excluding hydrogens is 300 g/mol. The minimum atomic E-state index is -0.933. The first kappa shape index (κ1) is 16.2. The van der Waals surface area contributed by atoms with Crippen LogP contribution in [0, 0.1) is 13.8 Å². The smallest absolute Gasteiger partial charge is 0.335 e. The van der Waals surface area contributed by atoms with Crippen LogP contribution in [0.25, 0.3) is 0 Å². The van der Waals surface area contributed by atoms with E-state index in [1.165, 1.54) is 24.1 Å². The van der Waals surface area contributed by atoms with Gasteiger partial charge in [0, 0.05) is 25.0 Å². The molecule has 0 aromatic heterocycles. The summed E-state index contributed by atoms with van der Waals surface area (Å²) in [5.41, 5.74) is 5.48. The number of benzene rings is 2. The van der Waals surface area contributed by atoms with Crippen LogP contribution in [0.15, 0.2) is 41.4 Å². The predicted molar refractivity (Wildman–Crippen MR) is 98.0 cm³/mol. The summed E-state index contributed by atoms with van der Waals surface area (Å²) in [6.45, 7) is 6.33. The van der Waals surface area contributed by atoms with Crippen molar-refractivity contribution in [2.75, 3.05) is 18.0 Å². The summed E-state index contributed by atoms with van der Waals surface area (Å²) in [6, 6.07) is 11.4. The second-order valence-corrected chi connectivity index (χ2v) is 6.30. The van der Waals surface area contributed by atoms with Gasteiger partial charge in [-0.25, -0.2) is 4.79 Å². The summed E-state index contributed by atoms with van der Waals surface area (Å²) in [4.78, 5) is 18.0. The van der Waals surface area contributed by atoms with Gasteiger partial charge < -0.3 is 10.0 Å². The molecule has 2 aromatic rings. The van der Waals surface area contributed by atoms with Crippen LogP contribution in [-0.4, -0.2) is 30.4 Å². The van der Waals surface area contributed by atoms with E-state index in [1.54, 1.807) is 24.4 Å². The molecule has 3 rings (SSSR count). The maximum absolute atomic E-state index is 11.1. The SMILES string of the molecule is Cc1ccc(C(=O)O)cc1N=Cc1ccc(N2CCCC2)c(C)c1. The second kappa shape index (κ2) is 6.87. The summed E-state index contributed by atoms with van der Waals surface area (Å²) < 4.78 is 0. The van der Waals surface area contributed by atoms with Crippen LogP contribution in [0.1, 0.15) is 39.9 Å². The van der Waals surface area contributed by atoms with Crippen LogP contribution < -0.4 is 4.90 Å². The van der Waals surface area contributed by atoms with Gasteiger partial charge in [-0.05, 0) is 67.6 Å². The first-order chi connectivity index (χ1) is 11.5. The van der Waals surface area contributed by atoms with Crippen molar-refractivity contribution in [3.63, 3.8) is 0 Å². The maximum atomic E-state index is 11.1. The molecule has 0 amide bonds. The highest BCUT2D eigenvalue weighted by Gasteiger charge is 2.14. The number of carbonyl (C=O) groups is 1. The molecule has 1 fully saturated rings. The molecule has 0 saturated carbocycles. The number of carboxylic acid groups (broad SMARTS) is 1. The summed E-state index contributed by atoms with van der Waals surface area (Å²) in [6.07, 6.45) is 4.33. The van der Waals surface area contributed by atoms with E-state index in [0.717, 1.165) is 24.2 Å². The Bertz CT molecular complexity index is 790. The number of nitrogens with zero attached hydrogens (tertiary/aromatic N) is 2. The van der Waals surface area contributed by atoms with Gasteiger partial charge in [0.25, 0.3) is 0 Å². The van der Waals surface area contributed by atoms with Gasteiger partial charge in [0.2, 0.25) is 0 Å². The molecule has 1 N–H and O–H groups in total. The summed E-state index contributed by atoms with van der Waals surface area (Å²) in [7, 11) is 0. The highest BCUT2D eigenvalue weighted by Crippen LogP contribution is 2.25. The zero-order valence-corrected chi connectivity index (χ0v) is 14.1. The maximum Gasteiger partial charge on any atom is 0.335 e. The molecule has 124 valence electrons. The van der Waals surface area contributed by atoms with Crippen molar-refractivity contribution < 1.29 is 9.90 Å². The fraction of sp³-hybridized carbons (Fsp3) is 0.300. The molecule has 0 unspecified atom stereocenters. The fourth-order valence-corrected chi connectivity index (χ4v) is 3.10. The molecule has 24 heavy (non-hydrogen) atoms. The van der Waals surface area contributed by atoms with Crippen molar-refractivity contribution in [2.24, 2.45) is 4.99 Å². The normalized spacial score (nSPS) is 14.5. The summed E-state index contributed by atoms with van der Waals surface area (Å²) >= 11 is 0. The lowest BCUT2D eigenvalue weighted by Gasteiger charge is -2.20. The lowest BCUT2D eigenvalue weighted by molar-refractivity contribution is 0.0697. The quantitative estimate of drug-likeness (QED) is 0.851. The first-order valence-corrected chi connectivity index (χ1v) is 8.28. The zero-order chi connectivity index (χ0) is 17.1. The van der Waals surface area contributed by atoms with E-state index in [9.17, 15) is 4.79 Å². The second-order valence-electron chi connectivity index (χ2n) is 6.30. The fourth-order valence-electron chi connectivity index (χ4n) is 3.10. The van der Waals surface area contributed by atoms with Crippen molar-refractivity contribution in [1.82, 2.24) is 0 Å². The molecule has 1 aliphatic rings. The van der Waals surface area contributed by atoms with Gasteiger partial charge >= 0.3 is 5.97 Å². The molecule has 0 atom stereocenters. The largest absolute Gasteiger partial charge is 0.478 e. The van der Waals surface area contributed by atoms with Crippen molar-refractivity contribution in [2.45, 2.75) is 26.7 Å². The molecule has 4 nitrogen and oxygen atoms in total. The lowest BCUT2D eigenvalue weighted by Crippen LogP contribution is -2.18. The molecule has 4 heteroatoms. The average molecular weight is 322 g/mol. The van der Waals surface area contributed by atoms with Crippen LogP contribution in [0.5, 0.6) is 0 Å². The number of hydrogen-bond donors (Lipinski definition) is 1. The molecule has 1 saturated heterocycles. The number of anilines is 1. The van der Waals surface area contributed by atoms with Crippen LogP contribution in [-0.2, 0) is 0 Å². The highest BCUT2D eigenvalue weighted by molar-refractivity contribution is 5.90. The Labute approximate surface area is 142 Å². The Morgan fingerprint density at radius 3 is 2.50 bits per heavy atom. The molecule has 1 heterocycles. The van der Waals surface area contributed by atoms with E-state index in [-0.39, 0.29) is 5.56 Å². The van der Waals surface area contributed by atoms with Crippen LogP contribution in [0.2, 0.25) is 0 Å². The minimum absolute atomic E-state index is 0.258. The lowest BCUT2D eigenvalue weighted by atomic mass is 10.1. The summed E-state index contributed by atoms with van der Waals surface area (Å²) in [5.74, 6) is -0.933. The number of aromatic carboxylic acids is 1. The van der Waals surface area contributed by atoms with Crippen LogP contribution in [0.4, 0.5) is 11.4 Å². The van der Waals surface area contributed by atoms with E-state index >= 15 is 0 Å². The molecule has 0 spiro atoms. The third kappa shape index (κ3) is 3.48. The first-order valence-electron chi connectivity index (χ1n) is 8.28. The standard InChI is InChI=1S/C20H22N2O2/c1-14-5-7-17(20(23)24)12-18(14)21-13-16-6-8-19(15(2)11-16)22-9-3-4-10-22/h5-8,11-13H,3-4,9-10H2,1-2H3,(H,23,24). The van der Waals surface area contributed by atoms with Crippen LogP contribution >= 0.6 is 0 Å². The van der Waals surface area contributed by atoms with Crippen molar-refractivity contribution in [1.29, 1.82) is 0 Å². The summed E-state index contributed by atoms with van der Waals surface area (Å²) in [5, 5.41) is 9.10. The number of carboxylic acids is 1. The number of aryl methyl sites for hydroxylation is 2. The van der Waals surface area contributed by atoms with Gasteiger partial charge in [-0.15, -0.1) is 0 Å². The molecule has 0 radical (unpaired) electrons. The van der Waals surface area contributed by atoms with Gasteiger partial charge in [-0.3, -0.25) is 4.99 Å². The Balaban J connectivity index is 1.83. The third-order valence-electron chi connectivity index (χ3n) is 4.48. The predicted octanol–water partition coefficient (Wildman–Crippen LogP) is 4.35. The van der Waals surface area contributed by atoms with Gasteiger partial charge in [-0.1, -0.05) is 12.1 Å².